The molecule has 0 spiro atoms. The largest absolute Gasteiger partial charge is 0.319 e. The molecule has 0 aliphatic carbocycles. The van der Waals surface area contributed by atoms with Crippen molar-refractivity contribution in [1.29, 1.82) is 0 Å². The Kier molecular flexibility index (Phi) is 5.13. The Morgan fingerprint density at radius 3 is 2.87 bits per heavy atom. The highest BCUT2D eigenvalue weighted by Crippen LogP contribution is 2.10. The van der Waals surface area contributed by atoms with Crippen molar-refractivity contribution in [2.45, 2.75) is 26.7 Å². The molecule has 15 heavy (non-hydrogen) atoms. The average molecular weight is 203 g/mol. The van der Waals surface area contributed by atoms with Gasteiger partial charge in [-0.25, -0.2) is 0 Å². The van der Waals surface area contributed by atoms with Gasteiger partial charge in [-0.15, -0.1) is 0 Å². The number of nitrogens with one attached hydrogen (secondary N) is 1. The first-order valence-corrected chi connectivity index (χ1v) is 5.58. The van der Waals surface area contributed by atoms with Gasteiger partial charge in [0.15, 0.2) is 0 Å². The maximum Gasteiger partial charge on any atom is -0.00172 e. The zero-order chi connectivity index (χ0) is 11.1. The molecule has 1 aromatic rings. The summed E-state index contributed by atoms with van der Waals surface area (Å²) in [4.78, 5) is 0. The molecule has 1 heteroatoms. The Bertz CT molecular complexity index is 326. The first kappa shape index (κ1) is 12.0. The van der Waals surface area contributed by atoms with Crippen LogP contribution in [0.15, 0.2) is 35.9 Å². The number of hydrogen-bond donors (Lipinski definition) is 1. The smallest absolute Gasteiger partial charge is 0.00172 e. The molecular weight excluding hydrogens is 182 g/mol. The molecule has 0 aliphatic heterocycles. The summed E-state index contributed by atoms with van der Waals surface area (Å²) in [5, 5.41) is 3.15. The van der Waals surface area contributed by atoms with Crippen molar-refractivity contribution >= 4 is 0 Å². The summed E-state index contributed by atoms with van der Waals surface area (Å²) in [7, 11) is 1.99. The molecule has 0 radical (unpaired) electrons. The van der Waals surface area contributed by atoms with Crippen molar-refractivity contribution in [3.8, 4) is 0 Å². The van der Waals surface area contributed by atoms with Crippen molar-refractivity contribution in [3.05, 3.63) is 47.0 Å². The molecule has 0 atom stereocenters. The van der Waals surface area contributed by atoms with Crippen LogP contribution in [0.3, 0.4) is 0 Å². The summed E-state index contributed by atoms with van der Waals surface area (Å²) in [6, 6.07) is 8.73. The number of aryl methyl sites for hydroxylation is 1. The summed E-state index contributed by atoms with van der Waals surface area (Å²) >= 11 is 0. The zero-order valence-corrected chi connectivity index (χ0v) is 10.0. The predicted molar refractivity (Wildman–Crippen MR) is 67.2 cm³/mol. The van der Waals surface area contributed by atoms with Crippen LogP contribution in [0.2, 0.25) is 0 Å². The highest BCUT2D eigenvalue weighted by atomic mass is 14.8. The molecule has 0 aliphatic rings. The third-order valence-corrected chi connectivity index (χ3v) is 2.45. The third kappa shape index (κ3) is 4.80. The van der Waals surface area contributed by atoms with Gasteiger partial charge in [-0.2, -0.15) is 0 Å². The Balaban J connectivity index is 2.50. The summed E-state index contributed by atoms with van der Waals surface area (Å²) in [6.07, 6.45) is 4.51. The molecule has 82 valence electrons. The molecule has 1 nitrogen and oxygen atoms in total. The van der Waals surface area contributed by atoms with E-state index >= 15 is 0 Å². The summed E-state index contributed by atoms with van der Waals surface area (Å²) in [6.45, 7) is 5.41. The molecule has 0 amide bonds. The Hall–Kier alpha value is -1.08. The molecule has 0 bridgehead atoms. The monoisotopic (exact) mass is 203 g/mol. The molecule has 0 fully saturated rings. The normalized spacial score (nSPS) is 11.8. The Morgan fingerprint density at radius 2 is 2.20 bits per heavy atom. The van der Waals surface area contributed by atoms with E-state index in [4.69, 9.17) is 0 Å². The minimum Gasteiger partial charge on any atom is -0.319 e. The van der Waals surface area contributed by atoms with E-state index in [1.807, 2.05) is 7.05 Å². The minimum atomic E-state index is 1.06. The fraction of sp³-hybridized carbons (Fsp3) is 0.429. The Labute approximate surface area is 93.2 Å². The highest BCUT2D eigenvalue weighted by molar-refractivity contribution is 5.25. The van der Waals surface area contributed by atoms with E-state index in [1.54, 1.807) is 0 Å². The summed E-state index contributed by atoms with van der Waals surface area (Å²) in [5.74, 6) is 0. The van der Waals surface area contributed by atoms with Gasteiger partial charge in [0.2, 0.25) is 0 Å². The van der Waals surface area contributed by atoms with E-state index < -0.39 is 0 Å². The van der Waals surface area contributed by atoms with E-state index in [0.29, 0.717) is 0 Å². The fourth-order valence-corrected chi connectivity index (χ4v) is 1.68. The number of benzene rings is 1. The second kappa shape index (κ2) is 6.41. The van der Waals surface area contributed by atoms with E-state index in [9.17, 15) is 0 Å². The van der Waals surface area contributed by atoms with Gasteiger partial charge in [0, 0.05) is 0 Å². The average Bonchev–Trinajstić information content (AvgIpc) is 2.18. The molecule has 0 unspecified atom stereocenters. The molecule has 1 N–H and O–H groups in total. The molecule has 1 rings (SSSR count). The SMILES string of the molecule is CNCCC=C(C)Cc1cccc(C)c1. The first-order chi connectivity index (χ1) is 7.22. The van der Waals surface area contributed by atoms with Gasteiger partial charge in [-0.3, -0.25) is 0 Å². The van der Waals surface area contributed by atoms with Crippen LogP contribution < -0.4 is 5.32 Å². The van der Waals surface area contributed by atoms with Crippen LogP contribution in [0.1, 0.15) is 24.5 Å². The van der Waals surface area contributed by atoms with Gasteiger partial charge in [0.1, 0.15) is 0 Å². The van der Waals surface area contributed by atoms with Gasteiger partial charge in [0.25, 0.3) is 0 Å². The van der Waals surface area contributed by atoms with Crippen LogP contribution in [0.25, 0.3) is 0 Å². The maximum atomic E-state index is 3.15. The lowest BCUT2D eigenvalue weighted by atomic mass is 10.0. The van der Waals surface area contributed by atoms with E-state index in [-0.39, 0.29) is 0 Å². The minimum absolute atomic E-state index is 1.06. The predicted octanol–water partition coefficient (Wildman–Crippen LogP) is 3.09. The van der Waals surface area contributed by atoms with Crippen LogP contribution in [-0.4, -0.2) is 13.6 Å². The van der Waals surface area contributed by atoms with Crippen molar-refractivity contribution in [3.63, 3.8) is 0 Å². The highest BCUT2D eigenvalue weighted by Gasteiger charge is 1.94. The van der Waals surface area contributed by atoms with Crippen LogP contribution in [0.5, 0.6) is 0 Å². The molecule has 0 aromatic heterocycles. The zero-order valence-electron chi connectivity index (χ0n) is 10.0. The molecule has 0 heterocycles. The molecule has 0 saturated heterocycles. The van der Waals surface area contributed by atoms with E-state index in [1.165, 1.54) is 16.7 Å². The van der Waals surface area contributed by atoms with Crippen LogP contribution in [0, 0.1) is 6.92 Å². The number of rotatable bonds is 5. The van der Waals surface area contributed by atoms with Crippen LogP contribution in [0.4, 0.5) is 0 Å². The van der Waals surface area contributed by atoms with Gasteiger partial charge in [0.05, 0.1) is 0 Å². The Morgan fingerprint density at radius 1 is 1.40 bits per heavy atom. The van der Waals surface area contributed by atoms with Gasteiger partial charge in [-0.1, -0.05) is 41.5 Å². The summed E-state index contributed by atoms with van der Waals surface area (Å²) in [5.41, 5.74) is 4.21. The van der Waals surface area contributed by atoms with Crippen molar-refractivity contribution in [2.24, 2.45) is 0 Å². The lowest BCUT2D eigenvalue weighted by Gasteiger charge is -2.03. The van der Waals surface area contributed by atoms with Crippen molar-refractivity contribution in [1.82, 2.24) is 5.32 Å². The van der Waals surface area contributed by atoms with Gasteiger partial charge < -0.3 is 5.32 Å². The maximum absolute atomic E-state index is 3.15. The third-order valence-electron chi connectivity index (χ3n) is 2.45. The number of allylic oxidation sites excluding steroid dienone is 1. The lowest BCUT2D eigenvalue weighted by Crippen LogP contribution is -2.06. The van der Waals surface area contributed by atoms with Crippen molar-refractivity contribution < 1.29 is 0 Å². The van der Waals surface area contributed by atoms with Gasteiger partial charge >= 0.3 is 0 Å². The number of hydrogen-bond acceptors (Lipinski definition) is 1. The molecule has 0 saturated carbocycles. The van der Waals surface area contributed by atoms with Crippen molar-refractivity contribution in [2.75, 3.05) is 13.6 Å². The van der Waals surface area contributed by atoms with Crippen LogP contribution in [-0.2, 0) is 6.42 Å². The lowest BCUT2D eigenvalue weighted by molar-refractivity contribution is 0.803. The van der Waals surface area contributed by atoms with E-state index in [0.717, 1.165) is 19.4 Å². The van der Waals surface area contributed by atoms with Gasteiger partial charge in [-0.05, 0) is 45.8 Å². The summed E-state index contributed by atoms with van der Waals surface area (Å²) < 4.78 is 0. The molecule has 1 aromatic carbocycles. The second-order valence-electron chi connectivity index (χ2n) is 4.11. The first-order valence-electron chi connectivity index (χ1n) is 5.58. The molecular formula is C14H21N. The van der Waals surface area contributed by atoms with Crippen LogP contribution >= 0.6 is 0 Å². The fourth-order valence-electron chi connectivity index (χ4n) is 1.68. The quantitative estimate of drug-likeness (QED) is 0.573. The van der Waals surface area contributed by atoms with E-state index in [2.05, 4.69) is 49.5 Å². The topological polar surface area (TPSA) is 12.0 Å². The standard InChI is InChI=1S/C14H21N/c1-12-6-4-8-14(10-12)11-13(2)7-5-9-15-3/h4,6-8,10,15H,5,9,11H2,1-3H3. The second-order valence-corrected chi connectivity index (χ2v) is 4.11.